The Balaban J connectivity index is 1.05. The molecule has 40 heavy (non-hydrogen) atoms. The summed E-state index contributed by atoms with van der Waals surface area (Å²) in [5.74, 6) is 2.23. The fraction of sp³-hybridized carbons (Fsp3) is 0.586. The Bertz CT molecular complexity index is 1250. The summed E-state index contributed by atoms with van der Waals surface area (Å²) in [6, 6.07) is 3.83. The number of rotatable bonds is 9. The van der Waals surface area contributed by atoms with E-state index in [0.29, 0.717) is 61.2 Å². The number of hydrogen-bond acceptors (Lipinski definition) is 9. The van der Waals surface area contributed by atoms with E-state index >= 15 is 0 Å². The van der Waals surface area contributed by atoms with Crippen LogP contribution in [0.25, 0.3) is 0 Å². The Hall–Kier alpha value is -3.34. The molecule has 11 heteroatoms. The summed E-state index contributed by atoms with van der Waals surface area (Å²) < 4.78 is 39.3. The van der Waals surface area contributed by atoms with Gasteiger partial charge in [-0.1, -0.05) is 25.9 Å². The average Bonchev–Trinajstić information content (AvgIpc) is 3.46. The van der Waals surface area contributed by atoms with Crippen molar-refractivity contribution >= 4 is 11.8 Å². The van der Waals surface area contributed by atoms with Gasteiger partial charge in [0.05, 0.1) is 19.0 Å². The predicted molar refractivity (Wildman–Crippen MR) is 149 cm³/mol. The van der Waals surface area contributed by atoms with Crippen LogP contribution in [0.2, 0.25) is 0 Å². The lowest BCUT2D eigenvalue weighted by molar-refractivity contribution is 0.216. The molecule has 0 radical (unpaired) electrons. The molecular formula is C29H39F2N7O2. The van der Waals surface area contributed by atoms with Gasteiger partial charge in [0.15, 0.2) is 5.82 Å². The van der Waals surface area contributed by atoms with Gasteiger partial charge < -0.3 is 24.8 Å². The molecule has 0 amide bonds. The van der Waals surface area contributed by atoms with E-state index < -0.39 is 11.6 Å². The van der Waals surface area contributed by atoms with Gasteiger partial charge in [0.1, 0.15) is 17.5 Å². The van der Waals surface area contributed by atoms with Crippen molar-refractivity contribution in [2.45, 2.75) is 64.3 Å². The second-order valence-electron chi connectivity index (χ2n) is 11.4. The van der Waals surface area contributed by atoms with Crippen molar-refractivity contribution < 1.29 is 18.0 Å². The highest BCUT2D eigenvalue weighted by Gasteiger charge is 2.31. The maximum Gasteiger partial charge on any atom is 0.324 e. The maximum absolute atomic E-state index is 14.3. The molecule has 9 nitrogen and oxygen atoms in total. The van der Waals surface area contributed by atoms with Crippen LogP contribution in [-0.4, -0.2) is 58.9 Å². The van der Waals surface area contributed by atoms with Gasteiger partial charge in [-0.25, -0.2) is 18.7 Å². The van der Waals surface area contributed by atoms with E-state index in [0.717, 1.165) is 50.3 Å². The summed E-state index contributed by atoms with van der Waals surface area (Å²) in [6.45, 7) is 9.93. The Morgan fingerprint density at radius 3 is 2.50 bits per heavy atom. The number of nitrogens with zero attached hydrogens (tertiary/aromatic N) is 6. The third-order valence-corrected chi connectivity index (χ3v) is 8.34. The summed E-state index contributed by atoms with van der Waals surface area (Å²) in [7, 11) is 0. The number of hydrogen-bond donors (Lipinski definition) is 1. The topological polar surface area (TPSA) is 106 Å². The Morgan fingerprint density at radius 1 is 1.05 bits per heavy atom. The van der Waals surface area contributed by atoms with Gasteiger partial charge in [0.25, 0.3) is 0 Å². The third kappa shape index (κ3) is 6.51. The number of anilines is 2. The molecule has 0 spiro atoms. The molecule has 2 aliphatic heterocycles. The standard InChI is InChI=1S/C29H39F2N7O2/c1-18(2)28-35-29(40-36-28)37-10-6-20(7-11-37)19(3)9-13-39-27-16-33-26(15-34-27)38-12-8-22(25(32)17-38)23-14-21(30)4-5-24(23)31/h4-5,14-16,18-20,22,25H,6-13,17,32H2,1-3H3/t19-,22+,25-/m1/s1. The molecule has 0 aliphatic carbocycles. The molecule has 2 saturated heterocycles. The van der Waals surface area contributed by atoms with Crippen LogP contribution >= 0.6 is 0 Å². The Kier molecular flexibility index (Phi) is 8.78. The van der Waals surface area contributed by atoms with Crippen LogP contribution in [0.3, 0.4) is 0 Å². The van der Waals surface area contributed by atoms with Crippen molar-refractivity contribution in [1.29, 1.82) is 0 Å². The smallest absolute Gasteiger partial charge is 0.324 e. The normalized spacial score (nSPS) is 21.2. The highest BCUT2D eigenvalue weighted by Crippen LogP contribution is 2.32. The molecule has 5 rings (SSSR count). The Labute approximate surface area is 234 Å². The second kappa shape index (κ2) is 12.4. The lowest BCUT2D eigenvalue weighted by Crippen LogP contribution is -2.48. The molecule has 3 aromatic rings. The summed E-state index contributed by atoms with van der Waals surface area (Å²) in [5.41, 5.74) is 6.72. The van der Waals surface area contributed by atoms with Gasteiger partial charge in [0, 0.05) is 44.1 Å². The first-order valence-corrected chi connectivity index (χ1v) is 14.3. The molecule has 216 valence electrons. The van der Waals surface area contributed by atoms with Gasteiger partial charge in [-0.15, -0.1) is 0 Å². The summed E-state index contributed by atoms with van der Waals surface area (Å²) >= 11 is 0. The average molecular weight is 556 g/mol. The van der Waals surface area contributed by atoms with Gasteiger partial charge in [-0.3, -0.25) is 0 Å². The van der Waals surface area contributed by atoms with E-state index in [-0.39, 0.29) is 17.9 Å². The minimum atomic E-state index is -0.451. The van der Waals surface area contributed by atoms with Crippen molar-refractivity contribution in [3.8, 4) is 5.88 Å². The van der Waals surface area contributed by atoms with Crippen molar-refractivity contribution in [1.82, 2.24) is 20.1 Å². The van der Waals surface area contributed by atoms with E-state index in [1.807, 2.05) is 4.90 Å². The van der Waals surface area contributed by atoms with Gasteiger partial charge in [0.2, 0.25) is 5.88 Å². The second-order valence-corrected chi connectivity index (χ2v) is 11.4. The quantitative estimate of drug-likeness (QED) is 0.394. The van der Waals surface area contributed by atoms with Crippen molar-refractivity contribution in [2.75, 3.05) is 42.6 Å². The van der Waals surface area contributed by atoms with E-state index in [9.17, 15) is 8.78 Å². The number of piperidine rings is 2. The van der Waals surface area contributed by atoms with E-state index in [1.165, 1.54) is 6.07 Å². The van der Waals surface area contributed by atoms with Crippen LogP contribution in [-0.2, 0) is 0 Å². The molecule has 4 heterocycles. The van der Waals surface area contributed by atoms with Crippen LogP contribution in [0, 0.1) is 23.5 Å². The van der Waals surface area contributed by atoms with Gasteiger partial charge in [-0.05, 0) is 61.3 Å². The van der Waals surface area contributed by atoms with Crippen LogP contribution < -0.4 is 20.3 Å². The molecule has 2 N–H and O–H groups in total. The lowest BCUT2D eigenvalue weighted by atomic mass is 9.84. The zero-order valence-electron chi connectivity index (χ0n) is 23.5. The predicted octanol–water partition coefficient (Wildman–Crippen LogP) is 4.90. The molecule has 1 aromatic carbocycles. The highest BCUT2D eigenvalue weighted by molar-refractivity contribution is 5.39. The minimum absolute atomic E-state index is 0.242. The first-order chi connectivity index (χ1) is 19.3. The zero-order chi connectivity index (χ0) is 28.2. The SMILES string of the molecule is CC(C)c1noc(N2CCC([C@H](C)CCOc3cnc(N4CC[C@@H](c5cc(F)ccc5F)[C@H](N)C4)cn3)CC2)n1. The zero-order valence-corrected chi connectivity index (χ0v) is 23.5. The summed E-state index contributed by atoms with van der Waals surface area (Å²) in [6.07, 6.45) is 7.03. The first-order valence-electron chi connectivity index (χ1n) is 14.3. The van der Waals surface area contributed by atoms with Gasteiger partial charge in [-0.2, -0.15) is 4.98 Å². The number of benzene rings is 1. The molecule has 0 bridgehead atoms. The minimum Gasteiger partial charge on any atom is -0.477 e. The largest absolute Gasteiger partial charge is 0.477 e. The van der Waals surface area contributed by atoms with Crippen LogP contribution in [0.1, 0.15) is 69.7 Å². The molecule has 0 unspecified atom stereocenters. The molecule has 3 atom stereocenters. The summed E-state index contributed by atoms with van der Waals surface area (Å²) in [4.78, 5) is 17.7. The van der Waals surface area contributed by atoms with E-state index in [2.05, 4.69) is 45.8 Å². The third-order valence-electron chi connectivity index (χ3n) is 8.34. The Morgan fingerprint density at radius 2 is 1.82 bits per heavy atom. The first kappa shape index (κ1) is 28.2. The van der Waals surface area contributed by atoms with Crippen molar-refractivity contribution in [3.05, 3.63) is 53.6 Å². The molecule has 2 aromatic heterocycles. The molecule has 0 saturated carbocycles. The number of nitrogens with two attached hydrogens (primary N) is 1. The van der Waals surface area contributed by atoms with E-state index in [1.54, 1.807) is 12.4 Å². The van der Waals surface area contributed by atoms with Gasteiger partial charge >= 0.3 is 6.01 Å². The number of halogens is 2. The molecular weight excluding hydrogens is 516 g/mol. The van der Waals surface area contributed by atoms with Crippen LogP contribution in [0.15, 0.2) is 35.1 Å². The van der Waals surface area contributed by atoms with Crippen LogP contribution in [0.4, 0.5) is 20.6 Å². The highest BCUT2D eigenvalue weighted by atomic mass is 19.1. The van der Waals surface area contributed by atoms with Crippen molar-refractivity contribution in [2.24, 2.45) is 17.6 Å². The monoisotopic (exact) mass is 555 g/mol. The number of aromatic nitrogens is 4. The summed E-state index contributed by atoms with van der Waals surface area (Å²) in [5, 5.41) is 4.08. The number of ether oxygens (including phenoxy) is 1. The lowest BCUT2D eigenvalue weighted by Gasteiger charge is -2.37. The molecule has 2 fully saturated rings. The maximum atomic E-state index is 14.3. The van der Waals surface area contributed by atoms with E-state index in [4.69, 9.17) is 15.0 Å². The fourth-order valence-corrected chi connectivity index (χ4v) is 5.76. The van der Waals surface area contributed by atoms with Crippen LogP contribution in [0.5, 0.6) is 5.88 Å². The molecule has 2 aliphatic rings. The van der Waals surface area contributed by atoms with Crippen molar-refractivity contribution in [3.63, 3.8) is 0 Å². The fourth-order valence-electron chi connectivity index (χ4n) is 5.76.